The number of hydrogen-bond acceptors (Lipinski definition) is 2. The molecule has 1 saturated heterocycles. The highest BCUT2D eigenvalue weighted by molar-refractivity contribution is 8.01. The van der Waals surface area contributed by atoms with Gasteiger partial charge >= 0.3 is 0 Å². The zero-order chi connectivity index (χ0) is 17.0. The van der Waals surface area contributed by atoms with Gasteiger partial charge in [-0.25, -0.2) is 0 Å². The molecule has 0 aromatic heterocycles. The second-order valence-electron chi connectivity index (χ2n) is 8.77. The Labute approximate surface area is 147 Å². The quantitative estimate of drug-likeness (QED) is 0.662. The van der Waals surface area contributed by atoms with E-state index >= 15 is 0 Å². The van der Waals surface area contributed by atoms with Gasteiger partial charge in [-0.3, -0.25) is 4.21 Å². The first kappa shape index (κ1) is 17.3. The Morgan fingerprint density at radius 3 is 2.04 bits per heavy atom. The lowest BCUT2D eigenvalue weighted by atomic mass is 9.69. The molecule has 1 aromatic carbocycles. The number of rotatable bonds is 2. The monoisotopic (exact) mass is 348 g/mol. The zero-order valence-corrected chi connectivity index (χ0v) is 16.7. The molecule has 2 aliphatic heterocycles. The molecule has 0 amide bonds. The van der Waals surface area contributed by atoms with Crippen LogP contribution in [0.4, 0.5) is 0 Å². The third-order valence-electron chi connectivity index (χ3n) is 4.86. The Bertz CT molecular complexity index is 646. The van der Waals surface area contributed by atoms with E-state index in [-0.39, 0.29) is 21.3 Å². The van der Waals surface area contributed by atoms with Crippen LogP contribution in [-0.4, -0.2) is 20.0 Å². The molecule has 0 saturated carbocycles. The lowest BCUT2D eigenvalue weighted by Crippen LogP contribution is -2.33. The van der Waals surface area contributed by atoms with Gasteiger partial charge in [0.25, 0.3) is 0 Å². The zero-order valence-electron chi connectivity index (χ0n) is 15.1. The smallest absolute Gasteiger partial charge is 0.0694 e. The van der Waals surface area contributed by atoms with Crippen molar-refractivity contribution in [2.24, 2.45) is 10.8 Å². The summed E-state index contributed by atoms with van der Waals surface area (Å²) in [4.78, 5) is 1.30. The average Bonchev–Trinajstić information content (AvgIpc) is 2.89. The first-order chi connectivity index (χ1) is 10.6. The first-order valence-electron chi connectivity index (χ1n) is 8.47. The third-order valence-corrected chi connectivity index (χ3v) is 8.40. The topological polar surface area (TPSA) is 17.1 Å². The van der Waals surface area contributed by atoms with E-state index in [2.05, 4.69) is 71.9 Å². The summed E-state index contributed by atoms with van der Waals surface area (Å²) in [6.07, 6.45) is 1.06. The normalized spacial score (nSPS) is 31.0. The molecule has 3 heteroatoms. The van der Waals surface area contributed by atoms with Crippen LogP contribution in [0.15, 0.2) is 46.4 Å². The van der Waals surface area contributed by atoms with Crippen LogP contribution in [-0.2, 0) is 10.8 Å². The second-order valence-corrected chi connectivity index (χ2v) is 11.8. The van der Waals surface area contributed by atoms with E-state index in [4.69, 9.17) is 0 Å². The molecular weight excluding hydrogens is 320 g/mol. The van der Waals surface area contributed by atoms with Gasteiger partial charge in [-0.2, -0.15) is 0 Å². The maximum absolute atomic E-state index is 13.1. The van der Waals surface area contributed by atoms with Gasteiger partial charge in [0.05, 0.1) is 10.5 Å². The molecule has 126 valence electrons. The van der Waals surface area contributed by atoms with Gasteiger partial charge in [0.1, 0.15) is 0 Å². The summed E-state index contributed by atoms with van der Waals surface area (Å²) in [5.74, 6) is 0. The molecule has 0 N–H and O–H groups in total. The largest absolute Gasteiger partial charge is 0.258 e. The summed E-state index contributed by atoms with van der Waals surface area (Å²) < 4.78 is 13.1. The summed E-state index contributed by atoms with van der Waals surface area (Å²) in [5.41, 5.74) is 3.17. The minimum absolute atomic E-state index is 0.0909. The Kier molecular flexibility index (Phi) is 4.34. The van der Waals surface area contributed by atoms with E-state index in [1.165, 1.54) is 16.0 Å². The lowest BCUT2D eigenvalue weighted by molar-refractivity contribution is 0.412. The Hall–Kier alpha value is -0.540. The van der Waals surface area contributed by atoms with Crippen LogP contribution in [0.25, 0.3) is 0 Å². The van der Waals surface area contributed by atoms with Gasteiger partial charge in [-0.15, -0.1) is 11.8 Å². The van der Waals surface area contributed by atoms with Crippen molar-refractivity contribution in [3.8, 4) is 0 Å². The number of benzene rings is 1. The van der Waals surface area contributed by atoms with Gasteiger partial charge in [0.2, 0.25) is 0 Å². The maximum atomic E-state index is 13.1. The van der Waals surface area contributed by atoms with Crippen molar-refractivity contribution in [1.29, 1.82) is 0 Å². The van der Waals surface area contributed by atoms with Gasteiger partial charge in [0, 0.05) is 20.9 Å². The highest BCUT2D eigenvalue weighted by atomic mass is 32.2. The second kappa shape index (κ2) is 5.77. The van der Waals surface area contributed by atoms with Crippen LogP contribution in [0, 0.1) is 10.8 Å². The molecule has 1 aromatic rings. The van der Waals surface area contributed by atoms with Crippen molar-refractivity contribution in [2.75, 3.05) is 0 Å². The van der Waals surface area contributed by atoms with Crippen LogP contribution in [0.3, 0.4) is 0 Å². The molecule has 4 atom stereocenters. The molecule has 2 bridgehead atoms. The molecule has 2 aliphatic rings. The predicted octanol–water partition coefficient (Wildman–Crippen LogP) is 5.44. The van der Waals surface area contributed by atoms with Crippen molar-refractivity contribution in [2.45, 2.75) is 68.6 Å². The molecule has 3 rings (SSSR count). The number of thioether (sulfide) groups is 1. The SMILES string of the molecule is CC(C)(C)C1=C(C(C)(C)C)[C@@H]2[C@H](Sc3ccccc3)C[C@H]1S2=O. The van der Waals surface area contributed by atoms with Gasteiger partial charge < -0.3 is 0 Å². The maximum Gasteiger partial charge on any atom is 0.0694 e. The fourth-order valence-electron chi connectivity index (χ4n) is 4.12. The molecule has 0 spiro atoms. The van der Waals surface area contributed by atoms with E-state index in [1.807, 2.05) is 11.8 Å². The molecule has 23 heavy (non-hydrogen) atoms. The molecular formula is C20H28OS2. The molecule has 1 fully saturated rings. The third kappa shape index (κ3) is 3.07. The summed E-state index contributed by atoms with van der Waals surface area (Å²) in [7, 11) is -0.753. The fourth-order valence-corrected chi connectivity index (χ4v) is 8.54. The molecule has 0 radical (unpaired) electrons. The summed E-state index contributed by atoms with van der Waals surface area (Å²) >= 11 is 1.92. The van der Waals surface area contributed by atoms with Crippen LogP contribution < -0.4 is 0 Å². The number of hydrogen-bond donors (Lipinski definition) is 0. The van der Waals surface area contributed by atoms with Crippen molar-refractivity contribution in [3.63, 3.8) is 0 Å². The minimum atomic E-state index is -0.753. The fraction of sp³-hybridized carbons (Fsp3) is 0.600. The Morgan fingerprint density at radius 1 is 0.957 bits per heavy atom. The van der Waals surface area contributed by atoms with Gasteiger partial charge in [-0.1, -0.05) is 59.7 Å². The Morgan fingerprint density at radius 2 is 1.52 bits per heavy atom. The van der Waals surface area contributed by atoms with Gasteiger partial charge in [0.15, 0.2) is 0 Å². The molecule has 0 aliphatic carbocycles. The number of fused-ring (bicyclic) bond motifs is 2. The molecule has 1 unspecified atom stereocenters. The lowest BCUT2D eigenvalue weighted by Gasteiger charge is -2.37. The minimum Gasteiger partial charge on any atom is -0.258 e. The summed E-state index contributed by atoms with van der Waals surface area (Å²) in [6.45, 7) is 13.7. The van der Waals surface area contributed by atoms with Crippen LogP contribution in [0.1, 0.15) is 48.0 Å². The van der Waals surface area contributed by atoms with Crippen molar-refractivity contribution >= 4 is 22.6 Å². The van der Waals surface area contributed by atoms with E-state index in [9.17, 15) is 4.21 Å². The molecule has 1 nitrogen and oxygen atoms in total. The molecule has 2 heterocycles. The van der Waals surface area contributed by atoms with Crippen molar-refractivity contribution in [1.82, 2.24) is 0 Å². The van der Waals surface area contributed by atoms with E-state index in [1.54, 1.807) is 0 Å². The van der Waals surface area contributed by atoms with Crippen LogP contribution in [0.5, 0.6) is 0 Å². The van der Waals surface area contributed by atoms with Crippen LogP contribution >= 0.6 is 11.8 Å². The Balaban J connectivity index is 2.00. The predicted molar refractivity (Wildman–Crippen MR) is 102 cm³/mol. The highest BCUT2D eigenvalue weighted by Crippen LogP contribution is 2.57. The van der Waals surface area contributed by atoms with Crippen molar-refractivity contribution in [3.05, 3.63) is 41.5 Å². The first-order valence-corrected chi connectivity index (χ1v) is 10.6. The van der Waals surface area contributed by atoms with Gasteiger partial charge in [-0.05, 0) is 40.5 Å². The van der Waals surface area contributed by atoms with E-state index < -0.39 is 10.8 Å². The van der Waals surface area contributed by atoms with Crippen LogP contribution in [0.2, 0.25) is 0 Å². The standard InChI is InChI=1S/C20H28OS2/c1-19(2,3)16-15-12-14(22-13-10-8-7-9-11-13)18(23(15)21)17(16)20(4,5)6/h7-11,14-15,18H,12H2,1-6H3/t14-,15-,18+,23?/m1/s1. The highest BCUT2D eigenvalue weighted by Gasteiger charge is 2.56. The summed E-state index contributed by atoms with van der Waals surface area (Å²) in [5, 5.41) is 0.929. The van der Waals surface area contributed by atoms with E-state index in [0.29, 0.717) is 5.25 Å². The van der Waals surface area contributed by atoms with Crippen molar-refractivity contribution < 1.29 is 4.21 Å². The average molecular weight is 349 g/mol. The summed E-state index contributed by atoms with van der Waals surface area (Å²) in [6, 6.07) is 10.6. The van der Waals surface area contributed by atoms with E-state index in [0.717, 1.165) is 6.42 Å².